The summed E-state index contributed by atoms with van der Waals surface area (Å²) < 4.78 is 44.0. The van der Waals surface area contributed by atoms with E-state index >= 15 is 0 Å². The maximum Gasteiger partial charge on any atom is 0.416 e. The standard InChI is InChI=1S/C27H25F3O2/c1-19-16-20(2)18-22(17-19)9-15-25(14-8-21-6-4-3-5-7-21)32-26(31)23-10-12-24(13-11-23)27(28,29)30/h3-8,10-14,16-18,25H,9,15H2,1-2H3/b14-8+/t25-/m0/s1. The van der Waals surface area contributed by atoms with Gasteiger partial charge >= 0.3 is 12.1 Å². The monoisotopic (exact) mass is 438 g/mol. The first-order valence-corrected chi connectivity index (χ1v) is 10.4. The molecule has 0 aromatic heterocycles. The fraction of sp³-hybridized carbons (Fsp3) is 0.222. The Morgan fingerprint density at radius 1 is 0.938 bits per heavy atom. The summed E-state index contributed by atoms with van der Waals surface area (Å²) >= 11 is 0. The van der Waals surface area contributed by atoms with Crippen molar-refractivity contribution in [2.45, 2.75) is 39.0 Å². The summed E-state index contributed by atoms with van der Waals surface area (Å²) in [6, 6.07) is 20.0. The van der Waals surface area contributed by atoms with Crippen LogP contribution in [0.15, 0.2) is 78.9 Å². The lowest BCUT2D eigenvalue weighted by atomic mass is 10.0. The maximum absolute atomic E-state index is 12.8. The molecule has 3 rings (SSSR count). The van der Waals surface area contributed by atoms with Gasteiger partial charge in [0.1, 0.15) is 6.10 Å². The Morgan fingerprint density at radius 3 is 2.16 bits per heavy atom. The lowest BCUT2D eigenvalue weighted by Crippen LogP contribution is -2.17. The van der Waals surface area contributed by atoms with Crippen molar-refractivity contribution in [1.29, 1.82) is 0 Å². The molecule has 0 aliphatic carbocycles. The predicted molar refractivity (Wildman–Crippen MR) is 120 cm³/mol. The van der Waals surface area contributed by atoms with Crippen molar-refractivity contribution in [1.82, 2.24) is 0 Å². The van der Waals surface area contributed by atoms with Crippen molar-refractivity contribution < 1.29 is 22.7 Å². The highest BCUT2D eigenvalue weighted by atomic mass is 19.4. The average molecular weight is 438 g/mol. The smallest absolute Gasteiger partial charge is 0.416 e. The number of rotatable bonds is 7. The number of benzene rings is 3. The third-order valence-electron chi connectivity index (χ3n) is 5.01. The molecule has 0 spiro atoms. The van der Waals surface area contributed by atoms with Crippen LogP contribution in [0.5, 0.6) is 0 Å². The average Bonchev–Trinajstić information content (AvgIpc) is 2.75. The molecule has 0 amide bonds. The van der Waals surface area contributed by atoms with E-state index in [1.807, 2.05) is 56.3 Å². The molecule has 0 N–H and O–H groups in total. The number of esters is 1. The molecule has 2 nitrogen and oxygen atoms in total. The molecule has 166 valence electrons. The first-order valence-electron chi connectivity index (χ1n) is 10.4. The van der Waals surface area contributed by atoms with E-state index in [4.69, 9.17) is 4.74 Å². The van der Waals surface area contributed by atoms with E-state index in [-0.39, 0.29) is 5.56 Å². The van der Waals surface area contributed by atoms with Gasteiger partial charge in [0.05, 0.1) is 11.1 Å². The van der Waals surface area contributed by atoms with Gasteiger partial charge in [-0.25, -0.2) is 4.79 Å². The summed E-state index contributed by atoms with van der Waals surface area (Å²) in [7, 11) is 0. The minimum Gasteiger partial charge on any atom is -0.455 e. The molecule has 0 fully saturated rings. The SMILES string of the molecule is Cc1cc(C)cc(CC[C@H](/C=C/c2ccccc2)OC(=O)c2ccc(C(F)(F)F)cc2)c1. The van der Waals surface area contributed by atoms with Gasteiger partial charge in [-0.3, -0.25) is 0 Å². The van der Waals surface area contributed by atoms with Gasteiger partial charge in [0.2, 0.25) is 0 Å². The van der Waals surface area contributed by atoms with E-state index in [2.05, 4.69) is 18.2 Å². The molecular formula is C27H25F3O2. The molecule has 0 saturated carbocycles. The fourth-order valence-corrected chi connectivity index (χ4v) is 3.50. The summed E-state index contributed by atoms with van der Waals surface area (Å²) in [6.07, 6.45) is -0.0157. The number of hydrogen-bond donors (Lipinski definition) is 0. The zero-order valence-corrected chi connectivity index (χ0v) is 18.0. The van der Waals surface area contributed by atoms with Crippen LogP contribution in [0.2, 0.25) is 0 Å². The second-order valence-electron chi connectivity index (χ2n) is 7.82. The van der Waals surface area contributed by atoms with Crippen LogP contribution in [-0.4, -0.2) is 12.1 Å². The van der Waals surface area contributed by atoms with E-state index in [1.54, 1.807) is 0 Å². The number of aryl methyl sites for hydroxylation is 3. The van der Waals surface area contributed by atoms with Gasteiger partial charge in [-0.05, 0) is 68.2 Å². The van der Waals surface area contributed by atoms with Gasteiger partial charge in [-0.2, -0.15) is 13.2 Å². The van der Waals surface area contributed by atoms with E-state index < -0.39 is 23.8 Å². The van der Waals surface area contributed by atoms with Crippen LogP contribution in [0, 0.1) is 13.8 Å². The third kappa shape index (κ3) is 6.84. The lowest BCUT2D eigenvalue weighted by molar-refractivity contribution is -0.137. The van der Waals surface area contributed by atoms with Crippen molar-refractivity contribution in [2.24, 2.45) is 0 Å². The molecule has 5 heteroatoms. The first-order chi connectivity index (χ1) is 15.2. The van der Waals surface area contributed by atoms with Gasteiger partial charge in [0.25, 0.3) is 0 Å². The number of carbonyl (C=O) groups is 1. The largest absolute Gasteiger partial charge is 0.455 e. The van der Waals surface area contributed by atoms with Crippen molar-refractivity contribution in [3.05, 3.63) is 112 Å². The highest BCUT2D eigenvalue weighted by Gasteiger charge is 2.30. The molecule has 0 radical (unpaired) electrons. The number of ether oxygens (including phenoxy) is 1. The minimum absolute atomic E-state index is 0.0857. The molecule has 1 atom stereocenters. The molecular weight excluding hydrogens is 413 g/mol. The van der Waals surface area contributed by atoms with Crippen LogP contribution in [0.3, 0.4) is 0 Å². The quantitative estimate of drug-likeness (QED) is 0.365. The number of carbonyl (C=O) groups excluding carboxylic acids is 1. The van der Waals surface area contributed by atoms with Crippen molar-refractivity contribution in [3.63, 3.8) is 0 Å². The van der Waals surface area contributed by atoms with Crippen LogP contribution in [0.1, 0.15) is 44.6 Å². The normalized spacial score (nSPS) is 12.7. The van der Waals surface area contributed by atoms with Gasteiger partial charge in [0, 0.05) is 0 Å². The summed E-state index contributed by atoms with van der Waals surface area (Å²) in [5.41, 5.74) is 3.73. The fourth-order valence-electron chi connectivity index (χ4n) is 3.50. The number of alkyl halides is 3. The Kier molecular flexibility index (Phi) is 7.52. The van der Waals surface area contributed by atoms with E-state index in [9.17, 15) is 18.0 Å². The van der Waals surface area contributed by atoms with Gasteiger partial charge < -0.3 is 4.74 Å². The Hall–Kier alpha value is -3.34. The highest BCUT2D eigenvalue weighted by Crippen LogP contribution is 2.29. The second kappa shape index (κ2) is 10.3. The second-order valence-corrected chi connectivity index (χ2v) is 7.82. The van der Waals surface area contributed by atoms with Crippen LogP contribution >= 0.6 is 0 Å². The summed E-state index contributed by atoms with van der Waals surface area (Å²) in [5, 5.41) is 0. The molecule has 0 unspecified atom stereocenters. The van der Waals surface area contributed by atoms with Crippen LogP contribution in [0.25, 0.3) is 6.08 Å². The molecule has 0 aliphatic heterocycles. The molecule has 3 aromatic carbocycles. The summed E-state index contributed by atoms with van der Waals surface area (Å²) in [6.45, 7) is 4.07. The van der Waals surface area contributed by atoms with E-state index in [0.717, 1.165) is 46.5 Å². The molecule has 0 saturated heterocycles. The van der Waals surface area contributed by atoms with Crippen molar-refractivity contribution >= 4 is 12.0 Å². The van der Waals surface area contributed by atoms with Crippen molar-refractivity contribution in [2.75, 3.05) is 0 Å². The maximum atomic E-state index is 12.8. The molecule has 0 heterocycles. The number of halogens is 3. The summed E-state index contributed by atoms with van der Waals surface area (Å²) in [5.74, 6) is -0.651. The topological polar surface area (TPSA) is 26.3 Å². The Labute approximate surface area is 186 Å². The first kappa shape index (κ1) is 23.3. The van der Waals surface area contributed by atoms with Gasteiger partial charge in [-0.1, -0.05) is 65.7 Å². The molecule has 0 bridgehead atoms. The van der Waals surface area contributed by atoms with Crippen LogP contribution < -0.4 is 0 Å². The van der Waals surface area contributed by atoms with Gasteiger partial charge in [-0.15, -0.1) is 0 Å². The zero-order chi connectivity index (χ0) is 23.1. The zero-order valence-electron chi connectivity index (χ0n) is 18.0. The molecule has 0 aliphatic rings. The highest BCUT2D eigenvalue weighted by molar-refractivity contribution is 5.89. The molecule has 32 heavy (non-hydrogen) atoms. The van der Waals surface area contributed by atoms with Gasteiger partial charge in [0.15, 0.2) is 0 Å². The Morgan fingerprint density at radius 2 is 1.56 bits per heavy atom. The van der Waals surface area contributed by atoms with Crippen LogP contribution in [-0.2, 0) is 17.3 Å². The lowest BCUT2D eigenvalue weighted by Gasteiger charge is -2.16. The van der Waals surface area contributed by atoms with Crippen molar-refractivity contribution in [3.8, 4) is 0 Å². The number of hydrogen-bond acceptors (Lipinski definition) is 2. The van der Waals surface area contributed by atoms with E-state index in [0.29, 0.717) is 12.8 Å². The van der Waals surface area contributed by atoms with Crippen LogP contribution in [0.4, 0.5) is 13.2 Å². The Bertz CT molecular complexity index is 1050. The summed E-state index contributed by atoms with van der Waals surface area (Å²) in [4.78, 5) is 12.6. The Balaban J connectivity index is 1.75. The molecule has 3 aromatic rings. The predicted octanol–water partition coefficient (Wildman–Crippen LogP) is 7.19. The van der Waals surface area contributed by atoms with E-state index in [1.165, 1.54) is 0 Å². The minimum atomic E-state index is -4.45. The third-order valence-corrected chi connectivity index (χ3v) is 5.01.